The highest BCUT2D eigenvalue weighted by atomic mass is 79.9. The van der Waals surface area contributed by atoms with Gasteiger partial charge >= 0.3 is 0 Å². The lowest BCUT2D eigenvalue weighted by atomic mass is 10.2. The van der Waals surface area contributed by atoms with Crippen molar-refractivity contribution in [2.24, 2.45) is 5.92 Å². The molecule has 1 N–H and O–H groups in total. The van der Waals surface area contributed by atoms with Crippen LogP contribution in [-0.2, 0) is 0 Å². The Hall–Kier alpha value is -0.900. The molecule has 0 spiro atoms. The molecule has 2 rings (SSSR count). The first kappa shape index (κ1) is 10.6. The van der Waals surface area contributed by atoms with Gasteiger partial charge in [-0.05, 0) is 52.9 Å². The van der Waals surface area contributed by atoms with Crippen LogP contribution >= 0.6 is 15.9 Å². The lowest BCUT2D eigenvalue weighted by Gasteiger charge is -2.05. The summed E-state index contributed by atoms with van der Waals surface area (Å²) in [6, 6.07) is 4.11. The molecule has 15 heavy (non-hydrogen) atoms. The number of carbonyl (C=O) groups is 1. The number of amides is 1. The Morgan fingerprint density at radius 2 is 2.27 bits per heavy atom. The molecule has 4 heteroatoms. The minimum absolute atomic E-state index is 0.215. The summed E-state index contributed by atoms with van der Waals surface area (Å²) in [5.41, 5.74) is 0.357. The van der Waals surface area contributed by atoms with Crippen molar-refractivity contribution in [3.05, 3.63) is 34.1 Å². The smallest absolute Gasteiger partial charge is 0.252 e. The van der Waals surface area contributed by atoms with Gasteiger partial charge in [0.05, 0.1) is 5.56 Å². The van der Waals surface area contributed by atoms with E-state index in [4.69, 9.17) is 0 Å². The van der Waals surface area contributed by atoms with Crippen LogP contribution in [-0.4, -0.2) is 12.5 Å². The summed E-state index contributed by atoms with van der Waals surface area (Å²) in [7, 11) is 0. The van der Waals surface area contributed by atoms with Crippen LogP contribution in [0.4, 0.5) is 4.39 Å². The van der Waals surface area contributed by atoms with E-state index in [9.17, 15) is 9.18 Å². The molecule has 1 aliphatic rings. The normalized spacial score (nSPS) is 15.1. The van der Waals surface area contributed by atoms with E-state index < -0.39 is 5.82 Å². The zero-order valence-electron chi connectivity index (χ0n) is 8.09. The second-order valence-electron chi connectivity index (χ2n) is 3.78. The number of carbonyl (C=O) groups excluding carboxylic acids is 1. The molecule has 1 aromatic rings. The van der Waals surface area contributed by atoms with E-state index in [1.54, 1.807) is 6.07 Å². The molecule has 0 aliphatic heterocycles. The van der Waals surface area contributed by atoms with Gasteiger partial charge in [0.25, 0.3) is 5.91 Å². The number of hydrogen-bond donors (Lipinski definition) is 1. The van der Waals surface area contributed by atoms with Gasteiger partial charge in [-0.2, -0.15) is 0 Å². The van der Waals surface area contributed by atoms with Crippen LogP contribution in [0.5, 0.6) is 0 Å². The SMILES string of the molecule is O=C(NCC1CC1)c1cc(F)ccc1Br. The molecular weight excluding hydrogens is 261 g/mol. The van der Waals surface area contributed by atoms with Gasteiger partial charge in [0.1, 0.15) is 5.82 Å². The molecule has 0 unspecified atom stereocenters. The molecule has 1 aromatic carbocycles. The van der Waals surface area contributed by atoms with Crippen molar-refractivity contribution in [3.8, 4) is 0 Å². The Kier molecular flexibility index (Phi) is 3.05. The number of hydrogen-bond acceptors (Lipinski definition) is 1. The Bertz CT molecular complexity index is 390. The second kappa shape index (κ2) is 4.31. The standard InChI is InChI=1S/C11H11BrFNO/c12-10-4-3-8(13)5-9(10)11(15)14-6-7-1-2-7/h3-5,7H,1-2,6H2,(H,14,15). The Balaban J connectivity index is 2.05. The second-order valence-corrected chi connectivity index (χ2v) is 4.63. The first-order valence-electron chi connectivity index (χ1n) is 4.90. The van der Waals surface area contributed by atoms with Crippen molar-refractivity contribution in [2.75, 3.05) is 6.54 Å². The van der Waals surface area contributed by atoms with Crippen LogP contribution in [0.25, 0.3) is 0 Å². The van der Waals surface area contributed by atoms with Gasteiger partial charge in [-0.1, -0.05) is 0 Å². The van der Waals surface area contributed by atoms with Crippen molar-refractivity contribution in [2.45, 2.75) is 12.8 Å². The largest absolute Gasteiger partial charge is 0.352 e. The van der Waals surface area contributed by atoms with Gasteiger partial charge in [-0.15, -0.1) is 0 Å². The Morgan fingerprint density at radius 3 is 2.93 bits per heavy atom. The van der Waals surface area contributed by atoms with Crippen LogP contribution in [0.1, 0.15) is 23.2 Å². The fourth-order valence-electron chi connectivity index (χ4n) is 1.33. The highest BCUT2D eigenvalue weighted by molar-refractivity contribution is 9.10. The molecule has 80 valence electrons. The van der Waals surface area contributed by atoms with Gasteiger partial charge in [-0.25, -0.2) is 4.39 Å². The third-order valence-electron chi connectivity index (χ3n) is 2.42. The average Bonchev–Trinajstić information content (AvgIpc) is 3.02. The van der Waals surface area contributed by atoms with Gasteiger partial charge < -0.3 is 5.32 Å². The molecule has 1 aliphatic carbocycles. The number of nitrogens with one attached hydrogen (secondary N) is 1. The highest BCUT2D eigenvalue weighted by Gasteiger charge is 2.22. The minimum atomic E-state index is -0.394. The van der Waals surface area contributed by atoms with Gasteiger partial charge in [0.2, 0.25) is 0 Å². The van der Waals surface area contributed by atoms with Crippen molar-refractivity contribution in [1.82, 2.24) is 5.32 Å². The monoisotopic (exact) mass is 271 g/mol. The third kappa shape index (κ3) is 2.78. The van der Waals surface area contributed by atoms with Crippen LogP contribution in [0.2, 0.25) is 0 Å². The minimum Gasteiger partial charge on any atom is -0.352 e. The summed E-state index contributed by atoms with van der Waals surface area (Å²) in [5.74, 6) is 0.0179. The maximum absolute atomic E-state index is 12.9. The van der Waals surface area contributed by atoms with Gasteiger partial charge in [-0.3, -0.25) is 4.79 Å². The molecule has 1 saturated carbocycles. The van der Waals surface area contributed by atoms with Crippen LogP contribution < -0.4 is 5.32 Å². The molecule has 0 radical (unpaired) electrons. The van der Waals surface area contributed by atoms with Crippen molar-refractivity contribution in [3.63, 3.8) is 0 Å². The summed E-state index contributed by atoms with van der Waals surface area (Å²) in [5, 5.41) is 2.79. The van der Waals surface area contributed by atoms with Crippen LogP contribution in [0, 0.1) is 11.7 Å². The van der Waals surface area contributed by atoms with Gasteiger partial charge in [0.15, 0.2) is 0 Å². The van der Waals surface area contributed by atoms with E-state index in [0.29, 0.717) is 22.5 Å². The van der Waals surface area contributed by atoms with Crippen LogP contribution in [0.15, 0.2) is 22.7 Å². The molecule has 0 saturated heterocycles. The Labute approximate surface area is 96.0 Å². The molecule has 0 aromatic heterocycles. The lowest BCUT2D eigenvalue weighted by molar-refractivity contribution is 0.0950. The Morgan fingerprint density at radius 1 is 1.53 bits per heavy atom. The predicted molar refractivity (Wildman–Crippen MR) is 59.2 cm³/mol. The van der Waals surface area contributed by atoms with Crippen molar-refractivity contribution < 1.29 is 9.18 Å². The third-order valence-corrected chi connectivity index (χ3v) is 3.11. The van der Waals surface area contributed by atoms with E-state index in [1.165, 1.54) is 25.0 Å². The molecule has 0 atom stereocenters. The topological polar surface area (TPSA) is 29.1 Å². The van der Waals surface area contributed by atoms with Crippen molar-refractivity contribution in [1.29, 1.82) is 0 Å². The summed E-state index contributed by atoms with van der Waals surface area (Å²) >= 11 is 3.23. The summed E-state index contributed by atoms with van der Waals surface area (Å²) in [6.07, 6.45) is 2.37. The van der Waals surface area contributed by atoms with E-state index in [0.717, 1.165) is 0 Å². The molecule has 1 amide bonds. The predicted octanol–water partition coefficient (Wildman–Crippen LogP) is 2.73. The number of halogens is 2. The average molecular weight is 272 g/mol. The lowest BCUT2D eigenvalue weighted by Crippen LogP contribution is -2.25. The molecule has 2 nitrogen and oxygen atoms in total. The maximum atomic E-state index is 12.9. The first-order chi connectivity index (χ1) is 7.16. The zero-order chi connectivity index (χ0) is 10.8. The van der Waals surface area contributed by atoms with E-state index in [1.807, 2.05) is 0 Å². The fourth-order valence-corrected chi connectivity index (χ4v) is 1.75. The maximum Gasteiger partial charge on any atom is 0.252 e. The summed E-state index contributed by atoms with van der Waals surface area (Å²) < 4.78 is 13.5. The molecule has 0 bridgehead atoms. The number of rotatable bonds is 3. The van der Waals surface area contributed by atoms with Crippen molar-refractivity contribution >= 4 is 21.8 Å². The first-order valence-corrected chi connectivity index (χ1v) is 5.69. The highest BCUT2D eigenvalue weighted by Crippen LogP contribution is 2.27. The van der Waals surface area contributed by atoms with Crippen LogP contribution in [0.3, 0.4) is 0 Å². The summed E-state index contributed by atoms with van der Waals surface area (Å²) in [6.45, 7) is 0.696. The molecule has 0 heterocycles. The summed E-state index contributed by atoms with van der Waals surface area (Å²) in [4.78, 5) is 11.6. The van der Waals surface area contributed by atoms with Gasteiger partial charge in [0, 0.05) is 11.0 Å². The molecular formula is C11H11BrFNO. The number of benzene rings is 1. The van der Waals surface area contributed by atoms with E-state index in [2.05, 4.69) is 21.2 Å². The van der Waals surface area contributed by atoms with E-state index >= 15 is 0 Å². The fraction of sp³-hybridized carbons (Fsp3) is 0.364. The molecule has 1 fully saturated rings. The zero-order valence-corrected chi connectivity index (χ0v) is 9.68. The quantitative estimate of drug-likeness (QED) is 0.900. The van der Waals surface area contributed by atoms with E-state index in [-0.39, 0.29) is 5.91 Å².